The predicted octanol–water partition coefficient (Wildman–Crippen LogP) is 1.08. The van der Waals surface area contributed by atoms with E-state index < -0.39 is 5.97 Å². The summed E-state index contributed by atoms with van der Waals surface area (Å²) in [6.07, 6.45) is 3.50. The molecule has 1 aromatic heterocycles. The second kappa shape index (κ2) is 7.39. The van der Waals surface area contributed by atoms with Gasteiger partial charge in [-0.15, -0.1) is 0 Å². The Kier molecular flexibility index (Phi) is 5.52. The van der Waals surface area contributed by atoms with Crippen LogP contribution in [0.5, 0.6) is 0 Å². The summed E-state index contributed by atoms with van der Waals surface area (Å²) in [6.45, 7) is 3.57. The smallest absolute Gasteiger partial charge is 0.345 e. The average molecular weight is 321 g/mol. The fourth-order valence-corrected chi connectivity index (χ4v) is 3.15. The Balaban J connectivity index is 1.82. The highest BCUT2D eigenvalue weighted by atomic mass is 16.4. The molecule has 1 heterocycles. The summed E-state index contributed by atoms with van der Waals surface area (Å²) < 4.78 is 0. The van der Waals surface area contributed by atoms with Gasteiger partial charge in [0.2, 0.25) is 5.91 Å². The number of carbonyl (C=O) groups excluding carboxylic acids is 1. The number of aryl methyl sites for hydroxylation is 2. The van der Waals surface area contributed by atoms with Crippen LogP contribution >= 0.6 is 0 Å². The normalized spacial score (nSPS) is 21.0. The first-order chi connectivity index (χ1) is 10.9. The van der Waals surface area contributed by atoms with Gasteiger partial charge in [0, 0.05) is 23.9 Å². The molecule has 1 aromatic rings. The monoisotopic (exact) mass is 321 g/mol. The summed E-state index contributed by atoms with van der Waals surface area (Å²) in [7, 11) is 0. The van der Waals surface area contributed by atoms with Crippen LogP contribution in [0.4, 0.5) is 0 Å². The molecule has 0 unspecified atom stereocenters. The maximum absolute atomic E-state index is 12.1. The Bertz CT molecular complexity index is 619. The highest BCUT2D eigenvalue weighted by molar-refractivity contribution is 5.76. The van der Waals surface area contributed by atoms with Crippen molar-refractivity contribution in [1.82, 2.24) is 15.3 Å². The standard InChI is InChI=1S/C16H23N3O4/c1-9-13(10(2)18-16(23)17-9)7-8-14(20)19-12-5-3-11(4-6-12)15(21)22/h11-12H,3-8H2,1-2H3,(H,19,20)(H,21,22)(H,17,18,23). The molecule has 0 bridgehead atoms. The molecule has 1 saturated carbocycles. The Morgan fingerprint density at radius 1 is 1.26 bits per heavy atom. The van der Waals surface area contributed by atoms with Gasteiger partial charge in [-0.05, 0) is 51.5 Å². The van der Waals surface area contributed by atoms with Crippen LogP contribution in [0.1, 0.15) is 49.1 Å². The van der Waals surface area contributed by atoms with Gasteiger partial charge in [-0.1, -0.05) is 0 Å². The lowest BCUT2D eigenvalue weighted by molar-refractivity contribution is -0.142. The Morgan fingerprint density at radius 2 is 1.91 bits per heavy atom. The molecule has 7 nitrogen and oxygen atoms in total. The zero-order valence-electron chi connectivity index (χ0n) is 13.5. The van der Waals surface area contributed by atoms with Gasteiger partial charge in [0.05, 0.1) is 5.92 Å². The molecule has 126 valence electrons. The minimum atomic E-state index is -0.744. The lowest BCUT2D eigenvalue weighted by Gasteiger charge is -2.26. The van der Waals surface area contributed by atoms with E-state index in [2.05, 4.69) is 15.3 Å². The molecule has 1 amide bonds. The number of carboxylic acid groups (broad SMARTS) is 1. The summed E-state index contributed by atoms with van der Waals surface area (Å²) in [5.41, 5.74) is 1.93. The summed E-state index contributed by atoms with van der Waals surface area (Å²) in [5, 5.41) is 11.9. The van der Waals surface area contributed by atoms with Gasteiger partial charge >= 0.3 is 11.7 Å². The van der Waals surface area contributed by atoms with Crippen LogP contribution < -0.4 is 11.0 Å². The molecular formula is C16H23N3O4. The third-order valence-electron chi connectivity index (χ3n) is 4.50. The Morgan fingerprint density at radius 3 is 2.48 bits per heavy atom. The number of nitrogens with zero attached hydrogens (tertiary/aromatic N) is 1. The Labute approximate surface area is 134 Å². The summed E-state index contributed by atoms with van der Waals surface area (Å²) >= 11 is 0. The predicted molar refractivity (Wildman–Crippen MR) is 84.2 cm³/mol. The third-order valence-corrected chi connectivity index (χ3v) is 4.50. The molecular weight excluding hydrogens is 298 g/mol. The van der Waals surface area contributed by atoms with E-state index in [9.17, 15) is 14.4 Å². The first-order valence-corrected chi connectivity index (χ1v) is 7.95. The number of aromatic amines is 1. The van der Waals surface area contributed by atoms with Crippen LogP contribution in [0.3, 0.4) is 0 Å². The number of hydrogen-bond acceptors (Lipinski definition) is 4. The van der Waals surface area contributed by atoms with Crippen LogP contribution in [0, 0.1) is 19.8 Å². The summed E-state index contributed by atoms with van der Waals surface area (Å²) in [4.78, 5) is 40.7. The van der Waals surface area contributed by atoms with Gasteiger partial charge < -0.3 is 15.4 Å². The van der Waals surface area contributed by atoms with Gasteiger partial charge in [0.25, 0.3) is 0 Å². The van der Waals surface area contributed by atoms with Crippen LogP contribution in [-0.4, -0.2) is 33.0 Å². The number of hydrogen-bond donors (Lipinski definition) is 3. The van der Waals surface area contributed by atoms with Crippen LogP contribution in [0.15, 0.2) is 4.79 Å². The van der Waals surface area contributed by atoms with Crippen molar-refractivity contribution in [2.75, 3.05) is 0 Å². The van der Waals surface area contributed by atoms with Crippen molar-refractivity contribution < 1.29 is 14.7 Å². The lowest BCUT2D eigenvalue weighted by atomic mass is 9.86. The summed E-state index contributed by atoms with van der Waals surface area (Å²) in [6, 6.07) is 0.0639. The van der Waals surface area contributed by atoms with Gasteiger partial charge in [-0.25, -0.2) is 4.79 Å². The lowest BCUT2D eigenvalue weighted by Crippen LogP contribution is -2.38. The van der Waals surface area contributed by atoms with Crippen molar-refractivity contribution in [2.45, 2.75) is 58.4 Å². The summed E-state index contributed by atoms with van der Waals surface area (Å²) in [5.74, 6) is -1.07. The molecule has 0 atom stereocenters. The molecule has 0 radical (unpaired) electrons. The van der Waals surface area contributed by atoms with E-state index in [0.717, 1.165) is 11.3 Å². The van der Waals surface area contributed by atoms with Gasteiger partial charge in [0.15, 0.2) is 0 Å². The number of amides is 1. The maximum Gasteiger partial charge on any atom is 0.345 e. The molecule has 1 fully saturated rings. The SMILES string of the molecule is Cc1nc(=O)[nH]c(C)c1CCC(=O)NC1CCC(C(=O)O)CC1. The maximum atomic E-state index is 12.1. The highest BCUT2D eigenvalue weighted by Gasteiger charge is 2.26. The van der Waals surface area contributed by atoms with Gasteiger partial charge in [-0.2, -0.15) is 4.98 Å². The first-order valence-electron chi connectivity index (χ1n) is 7.95. The number of aromatic nitrogens is 2. The van der Waals surface area contributed by atoms with Crippen molar-refractivity contribution in [2.24, 2.45) is 5.92 Å². The second-order valence-electron chi connectivity index (χ2n) is 6.19. The molecule has 0 aliphatic heterocycles. The molecule has 3 N–H and O–H groups in total. The van der Waals surface area contributed by atoms with Crippen molar-refractivity contribution in [1.29, 1.82) is 0 Å². The molecule has 0 aromatic carbocycles. The van der Waals surface area contributed by atoms with E-state index in [4.69, 9.17) is 5.11 Å². The number of nitrogens with one attached hydrogen (secondary N) is 2. The van der Waals surface area contributed by atoms with E-state index >= 15 is 0 Å². The third kappa shape index (κ3) is 4.64. The Hall–Kier alpha value is -2.18. The number of H-pyrrole nitrogens is 1. The minimum Gasteiger partial charge on any atom is -0.481 e. The average Bonchev–Trinajstić information content (AvgIpc) is 2.46. The zero-order chi connectivity index (χ0) is 17.0. The fraction of sp³-hybridized carbons (Fsp3) is 0.625. The number of carboxylic acids is 1. The van der Waals surface area contributed by atoms with E-state index in [1.54, 1.807) is 13.8 Å². The largest absolute Gasteiger partial charge is 0.481 e. The van der Waals surface area contributed by atoms with E-state index in [1.807, 2.05) is 0 Å². The minimum absolute atomic E-state index is 0.0474. The number of rotatable bonds is 5. The van der Waals surface area contributed by atoms with E-state index in [1.165, 1.54) is 0 Å². The van der Waals surface area contributed by atoms with Crippen LogP contribution in [0.25, 0.3) is 0 Å². The molecule has 0 saturated heterocycles. The number of aliphatic carboxylic acids is 1. The quantitative estimate of drug-likeness (QED) is 0.751. The highest BCUT2D eigenvalue weighted by Crippen LogP contribution is 2.24. The molecule has 23 heavy (non-hydrogen) atoms. The fourth-order valence-electron chi connectivity index (χ4n) is 3.15. The van der Waals surface area contributed by atoms with Crippen LogP contribution in [-0.2, 0) is 16.0 Å². The first kappa shape index (κ1) is 17.2. The van der Waals surface area contributed by atoms with Crippen molar-refractivity contribution in [3.63, 3.8) is 0 Å². The topological polar surface area (TPSA) is 112 Å². The van der Waals surface area contributed by atoms with E-state index in [0.29, 0.717) is 44.2 Å². The van der Waals surface area contributed by atoms with Crippen molar-refractivity contribution in [3.05, 3.63) is 27.4 Å². The second-order valence-corrected chi connectivity index (χ2v) is 6.19. The molecule has 1 aliphatic rings. The van der Waals surface area contributed by atoms with Crippen molar-refractivity contribution in [3.8, 4) is 0 Å². The molecule has 2 rings (SSSR count). The van der Waals surface area contributed by atoms with Gasteiger partial charge in [0.1, 0.15) is 0 Å². The van der Waals surface area contributed by atoms with Crippen LogP contribution in [0.2, 0.25) is 0 Å². The molecule has 7 heteroatoms. The molecule has 1 aliphatic carbocycles. The van der Waals surface area contributed by atoms with E-state index in [-0.39, 0.29) is 23.6 Å². The number of carbonyl (C=O) groups is 2. The van der Waals surface area contributed by atoms with Crippen molar-refractivity contribution >= 4 is 11.9 Å². The molecule has 0 spiro atoms. The zero-order valence-corrected chi connectivity index (χ0v) is 13.5. The van der Waals surface area contributed by atoms with Gasteiger partial charge in [-0.3, -0.25) is 9.59 Å².